The summed E-state index contributed by atoms with van der Waals surface area (Å²) in [5.41, 5.74) is 13.0. The molecule has 2 heterocycles. The van der Waals surface area contributed by atoms with Gasteiger partial charge in [0.05, 0.1) is 30.5 Å². The van der Waals surface area contributed by atoms with E-state index < -0.39 is 0 Å². The molecule has 0 radical (unpaired) electrons. The van der Waals surface area contributed by atoms with Crippen molar-refractivity contribution in [3.05, 3.63) is 11.4 Å². The highest BCUT2D eigenvalue weighted by Gasteiger charge is 2.19. The van der Waals surface area contributed by atoms with Gasteiger partial charge in [0.25, 0.3) is 0 Å². The van der Waals surface area contributed by atoms with Gasteiger partial charge in [-0.1, -0.05) is 0 Å². The summed E-state index contributed by atoms with van der Waals surface area (Å²) < 4.78 is 0. The molecule has 8 heteroatoms. The Morgan fingerprint density at radius 1 is 1.45 bits per heavy atom. The lowest BCUT2D eigenvalue weighted by Crippen LogP contribution is -2.48. The number of hydrogen-bond acceptors (Lipinski definition) is 8. The van der Waals surface area contributed by atoms with Gasteiger partial charge in [0, 0.05) is 19.6 Å². The lowest BCUT2D eigenvalue weighted by atomic mass is 10.1. The zero-order valence-electron chi connectivity index (χ0n) is 11.6. The molecule has 0 aromatic carbocycles. The molecule has 0 saturated carbocycles. The fraction of sp³-hybridized carbons (Fsp3) is 0.583. The van der Waals surface area contributed by atoms with Crippen LogP contribution in [0.3, 0.4) is 0 Å². The van der Waals surface area contributed by atoms with Crippen molar-refractivity contribution in [2.24, 2.45) is 10.7 Å². The van der Waals surface area contributed by atoms with Gasteiger partial charge >= 0.3 is 0 Å². The van der Waals surface area contributed by atoms with Crippen LogP contribution in [0.4, 0.5) is 11.6 Å². The van der Waals surface area contributed by atoms with Crippen LogP contribution in [-0.2, 0) is 6.54 Å². The molecule has 1 aliphatic rings. The summed E-state index contributed by atoms with van der Waals surface area (Å²) in [6.45, 7) is 4.05. The van der Waals surface area contributed by atoms with Crippen LogP contribution < -0.4 is 22.1 Å². The third-order valence-electron chi connectivity index (χ3n) is 3.21. The van der Waals surface area contributed by atoms with Crippen LogP contribution in [0, 0.1) is 6.92 Å². The number of rotatable bonds is 5. The highest BCUT2D eigenvalue weighted by Crippen LogP contribution is 2.17. The van der Waals surface area contributed by atoms with E-state index in [0.717, 1.165) is 12.3 Å². The second-order valence-corrected chi connectivity index (χ2v) is 4.61. The molecular formula is C12H21N7O. The van der Waals surface area contributed by atoms with Gasteiger partial charge in [-0.2, -0.15) is 0 Å². The molecule has 7 N–H and O–H groups in total. The van der Waals surface area contributed by atoms with Crippen LogP contribution >= 0.6 is 0 Å². The van der Waals surface area contributed by atoms with Crippen molar-refractivity contribution < 1.29 is 5.11 Å². The minimum Gasteiger partial charge on any atom is -0.390 e. The monoisotopic (exact) mass is 279 g/mol. The number of nitrogens with one attached hydrogen (secondary N) is 2. The zero-order valence-corrected chi connectivity index (χ0v) is 11.6. The summed E-state index contributed by atoms with van der Waals surface area (Å²) in [6, 6.07) is -0.0177. The number of anilines is 2. The quantitative estimate of drug-likeness (QED) is 0.449. The first-order chi connectivity index (χ1) is 9.65. The fourth-order valence-electron chi connectivity index (χ4n) is 2.18. The minimum absolute atomic E-state index is 0.0177. The topological polar surface area (TPSA) is 134 Å². The molecule has 20 heavy (non-hydrogen) atoms. The average Bonchev–Trinajstić information content (AvgIpc) is 2.45. The maximum absolute atomic E-state index is 9.28. The molecule has 1 atom stereocenters. The molecule has 1 unspecified atom stereocenters. The van der Waals surface area contributed by atoms with Gasteiger partial charge in [-0.15, -0.1) is 0 Å². The molecule has 0 saturated heterocycles. The van der Waals surface area contributed by atoms with E-state index >= 15 is 0 Å². The number of nitrogen functional groups attached to an aromatic ring is 1. The standard InChI is InChI=1S/C12H21N7O/c1-7-18-11(14)8(4-13)12(19-7)17-5-9-10(6-20)16-3-2-15-9/h9,15,20H,2-6,13H2,1H3,(H3,14,17,18,19). The Balaban J connectivity index is 2.10. The van der Waals surface area contributed by atoms with Crippen molar-refractivity contribution in [3.63, 3.8) is 0 Å². The summed E-state index contributed by atoms with van der Waals surface area (Å²) in [6.07, 6.45) is 0. The number of hydrogen-bond donors (Lipinski definition) is 5. The van der Waals surface area contributed by atoms with Crippen molar-refractivity contribution in [3.8, 4) is 0 Å². The second kappa shape index (κ2) is 6.60. The van der Waals surface area contributed by atoms with Gasteiger partial charge in [0.15, 0.2) is 0 Å². The predicted molar refractivity (Wildman–Crippen MR) is 78.7 cm³/mol. The van der Waals surface area contributed by atoms with Crippen molar-refractivity contribution in [2.75, 3.05) is 37.3 Å². The first-order valence-corrected chi connectivity index (χ1v) is 6.60. The zero-order chi connectivity index (χ0) is 14.5. The third-order valence-corrected chi connectivity index (χ3v) is 3.21. The van der Waals surface area contributed by atoms with E-state index in [1.54, 1.807) is 6.92 Å². The molecule has 0 bridgehead atoms. The highest BCUT2D eigenvalue weighted by molar-refractivity contribution is 5.91. The van der Waals surface area contributed by atoms with E-state index in [2.05, 4.69) is 25.6 Å². The SMILES string of the molecule is Cc1nc(N)c(CN)c(NCC2NCCN=C2CO)n1. The van der Waals surface area contributed by atoms with Crippen molar-refractivity contribution in [2.45, 2.75) is 19.5 Å². The van der Waals surface area contributed by atoms with E-state index in [0.29, 0.717) is 36.1 Å². The Kier molecular flexibility index (Phi) is 4.83. The van der Waals surface area contributed by atoms with E-state index in [1.807, 2.05) is 0 Å². The van der Waals surface area contributed by atoms with Crippen molar-refractivity contribution >= 4 is 17.3 Å². The average molecular weight is 279 g/mol. The molecule has 110 valence electrons. The normalized spacial score (nSPS) is 18.8. The van der Waals surface area contributed by atoms with Crippen LogP contribution in [0.15, 0.2) is 4.99 Å². The number of nitrogens with two attached hydrogens (primary N) is 2. The number of aryl methyl sites for hydroxylation is 1. The lowest BCUT2D eigenvalue weighted by molar-refractivity contribution is 0.348. The molecule has 0 amide bonds. The molecule has 0 aliphatic carbocycles. The van der Waals surface area contributed by atoms with Crippen LogP contribution in [0.25, 0.3) is 0 Å². The first kappa shape index (κ1) is 14.6. The lowest BCUT2D eigenvalue weighted by Gasteiger charge is -2.24. The van der Waals surface area contributed by atoms with Gasteiger partial charge in [-0.3, -0.25) is 4.99 Å². The van der Waals surface area contributed by atoms with E-state index in [9.17, 15) is 5.11 Å². The molecule has 0 spiro atoms. The summed E-state index contributed by atoms with van der Waals surface area (Å²) in [5.74, 6) is 1.63. The van der Waals surface area contributed by atoms with Gasteiger partial charge < -0.3 is 27.2 Å². The Morgan fingerprint density at radius 2 is 2.25 bits per heavy atom. The predicted octanol–water partition coefficient (Wildman–Crippen LogP) is -1.36. The molecular weight excluding hydrogens is 258 g/mol. The Bertz CT molecular complexity index is 503. The number of aromatic nitrogens is 2. The third kappa shape index (κ3) is 3.21. The number of aliphatic hydroxyl groups is 1. The molecule has 2 rings (SSSR count). The minimum atomic E-state index is -0.0476. The maximum atomic E-state index is 9.28. The number of nitrogens with zero attached hydrogens (tertiary/aromatic N) is 3. The van der Waals surface area contributed by atoms with Crippen LogP contribution in [0.5, 0.6) is 0 Å². The summed E-state index contributed by atoms with van der Waals surface area (Å²) in [5, 5.41) is 15.8. The Morgan fingerprint density at radius 3 is 2.95 bits per heavy atom. The smallest absolute Gasteiger partial charge is 0.136 e. The first-order valence-electron chi connectivity index (χ1n) is 6.60. The Hall–Kier alpha value is -1.77. The van der Waals surface area contributed by atoms with Crippen molar-refractivity contribution in [1.29, 1.82) is 0 Å². The number of aliphatic hydroxyl groups excluding tert-OH is 1. The van der Waals surface area contributed by atoms with Gasteiger partial charge in [-0.05, 0) is 6.92 Å². The van der Waals surface area contributed by atoms with Gasteiger partial charge in [0.2, 0.25) is 0 Å². The fourth-order valence-corrected chi connectivity index (χ4v) is 2.18. The largest absolute Gasteiger partial charge is 0.390 e. The van der Waals surface area contributed by atoms with E-state index in [-0.39, 0.29) is 19.2 Å². The van der Waals surface area contributed by atoms with Crippen molar-refractivity contribution in [1.82, 2.24) is 15.3 Å². The summed E-state index contributed by atoms with van der Waals surface area (Å²) in [4.78, 5) is 12.7. The van der Waals surface area contributed by atoms with E-state index in [4.69, 9.17) is 11.5 Å². The highest BCUT2D eigenvalue weighted by atomic mass is 16.3. The van der Waals surface area contributed by atoms with Crippen LogP contribution in [-0.4, -0.2) is 53.1 Å². The molecule has 1 aliphatic heterocycles. The molecule has 1 aromatic rings. The second-order valence-electron chi connectivity index (χ2n) is 4.61. The van der Waals surface area contributed by atoms with Gasteiger partial charge in [-0.25, -0.2) is 9.97 Å². The molecule has 8 nitrogen and oxygen atoms in total. The van der Waals surface area contributed by atoms with Crippen LogP contribution in [0.1, 0.15) is 11.4 Å². The molecule has 1 aromatic heterocycles. The van der Waals surface area contributed by atoms with E-state index in [1.165, 1.54) is 0 Å². The number of aliphatic imine (C=N–C) groups is 1. The maximum Gasteiger partial charge on any atom is 0.136 e. The summed E-state index contributed by atoms with van der Waals surface area (Å²) in [7, 11) is 0. The Labute approximate surface area is 117 Å². The van der Waals surface area contributed by atoms with Crippen LogP contribution in [0.2, 0.25) is 0 Å². The molecule has 0 fully saturated rings. The summed E-state index contributed by atoms with van der Waals surface area (Å²) >= 11 is 0. The van der Waals surface area contributed by atoms with Gasteiger partial charge in [0.1, 0.15) is 17.5 Å².